The van der Waals surface area contributed by atoms with Crippen LogP contribution in [0.25, 0.3) is 0 Å². The molecule has 2 nitrogen and oxygen atoms in total. The van der Waals surface area contributed by atoms with Gasteiger partial charge < -0.3 is 4.42 Å². The van der Waals surface area contributed by atoms with Crippen molar-refractivity contribution in [3.8, 4) is 0 Å². The highest BCUT2D eigenvalue weighted by atomic mass is 19.1. The number of hydrogen-bond acceptors (Lipinski definition) is 2. The van der Waals surface area contributed by atoms with Crippen LogP contribution in [0.3, 0.4) is 0 Å². The Morgan fingerprint density at radius 1 is 1.22 bits per heavy atom. The van der Waals surface area contributed by atoms with Crippen LogP contribution in [0.4, 0.5) is 8.78 Å². The van der Waals surface area contributed by atoms with Crippen molar-refractivity contribution in [3.63, 3.8) is 0 Å². The molecule has 0 saturated heterocycles. The summed E-state index contributed by atoms with van der Waals surface area (Å²) in [5, 5.41) is 0. The van der Waals surface area contributed by atoms with Crippen LogP contribution in [0.5, 0.6) is 0 Å². The molecule has 18 heavy (non-hydrogen) atoms. The lowest BCUT2D eigenvalue weighted by molar-refractivity contribution is 0.0963. The SMILES string of the molecule is CCc1ccc(C(=O)Cc2ccc(F)cc2F)o1. The number of hydrogen-bond donors (Lipinski definition) is 0. The smallest absolute Gasteiger partial charge is 0.202 e. The number of furan rings is 1. The van der Waals surface area contributed by atoms with Gasteiger partial charge in [0.15, 0.2) is 5.76 Å². The van der Waals surface area contributed by atoms with Crippen molar-refractivity contribution in [1.29, 1.82) is 0 Å². The first kappa shape index (κ1) is 12.5. The van der Waals surface area contributed by atoms with E-state index < -0.39 is 11.6 Å². The molecule has 1 heterocycles. The summed E-state index contributed by atoms with van der Waals surface area (Å²) in [6, 6.07) is 6.45. The van der Waals surface area contributed by atoms with Gasteiger partial charge >= 0.3 is 0 Å². The molecule has 0 radical (unpaired) electrons. The first-order valence-corrected chi connectivity index (χ1v) is 5.66. The van der Waals surface area contributed by atoms with Crippen molar-refractivity contribution in [2.75, 3.05) is 0 Å². The summed E-state index contributed by atoms with van der Waals surface area (Å²) in [7, 11) is 0. The molecule has 0 unspecified atom stereocenters. The van der Waals surface area contributed by atoms with Gasteiger partial charge in [0.05, 0.1) is 0 Å². The van der Waals surface area contributed by atoms with Gasteiger partial charge in [0.2, 0.25) is 5.78 Å². The highest BCUT2D eigenvalue weighted by Crippen LogP contribution is 2.15. The Kier molecular flexibility index (Phi) is 3.55. The lowest BCUT2D eigenvalue weighted by Gasteiger charge is -2.01. The van der Waals surface area contributed by atoms with Gasteiger partial charge in [-0.1, -0.05) is 13.0 Å². The van der Waals surface area contributed by atoms with E-state index in [1.165, 1.54) is 6.07 Å². The molecule has 0 spiro atoms. The Morgan fingerprint density at radius 3 is 2.61 bits per heavy atom. The highest BCUT2D eigenvalue weighted by molar-refractivity contribution is 5.95. The van der Waals surface area contributed by atoms with E-state index in [0.717, 1.165) is 12.1 Å². The summed E-state index contributed by atoms with van der Waals surface area (Å²) in [5.41, 5.74) is 0.163. The molecule has 0 aliphatic carbocycles. The minimum Gasteiger partial charge on any atom is -0.458 e. The van der Waals surface area contributed by atoms with Gasteiger partial charge in [-0.15, -0.1) is 0 Å². The third kappa shape index (κ3) is 2.64. The summed E-state index contributed by atoms with van der Waals surface area (Å²) in [6.07, 6.45) is 0.557. The van der Waals surface area contributed by atoms with Crippen LogP contribution in [0.1, 0.15) is 28.8 Å². The van der Waals surface area contributed by atoms with Crippen LogP contribution in [0.15, 0.2) is 34.7 Å². The van der Waals surface area contributed by atoms with Crippen molar-refractivity contribution in [3.05, 3.63) is 59.1 Å². The van der Waals surface area contributed by atoms with Gasteiger partial charge in [-0.25, -0.2) is 8.78 Å². The summed E-state index contributed by atoms with van der Waals surface area (Å²) in [6.45, 7) is 1.91. The van der Waals surface area contributed by atoms with Gasteiger partial charge in [-0.3, -0.25) is 4.79 Å². The molecule has 0 bridgehead atoms. The number of rotatable bonds is 4. The largest absolute Gasteiger partial charge is 0.458 e. The van der Waals surface area contributed by atoms with E-state index in [-0.39, 0.29) is 23.5 Å². The average molecular weight is 250 g/mol. The maximum atomic E-state index is 13.4. The molecule has 0 fully saturated rings. The molecule has 2 aromatic rings. The molecule has 94 valence electrons. The molecule has 2 rings (SSSR count). The number of carbonyl (C=O) groups is 1. The Labute approximate surface area is 103 Å². The average Bonchev–Trinajstić information content (AvgIpc) is 2.81. The second-order valence-electron chi connectivity index (χ2n) is 3.96. The van der Waals surface area contributed by atoms with Gasteiger partial charge in [0.25, 0.3) is 0 Å². The van der Waals surface area contributed by atoms with Gasteiger partial charge in [-0.05, 0) is 23.8 Å². The number of halogens is 2. The molecule has 4 heteroatoms. The normalized spacial score (nSPS) is 10.6. The van der Waals surface area contributed by atoms with Crippen molar-refractivity contribution in [2.45, 2.75) is 19.8 Å². The van der Waals surface area contributed by atoms with Crippen molar-refractivity contribution >= 4 is 5.78 Å². The zero-order chi connectivity index (χ0) is 13.1. The number of aryl methyl sites for hydroxylation is 1. The van der Waals surface area contributed by atoms with Crippen LogP contribution >= 0.6 is 0 Å². The quantitative estimate of drug-likeness (QED) is 0.777. The molecule has 1 aromatic carbocycles. The van der Waals surface area contributed by atoms with Gasteiger partial charge in [-0.2, -0.15) is 0 Å². The molecule has 0 aliphatic rings. The van der Waals surface area contributed by atoms with Crippen LogP contribution in [0.2, 0.25) is 0 Å². The highest BCUT2D eigenvalue weighted by Gasteiger charge is 2.14. The third-order valence-corrected chi connectivity index (χ3v) is 2.65. The Bertz CT molecular complexity index is 573. The molecule has 0 aliphatic heterocycles. The molecule has 0 saturated carbocycles. The van der Waals surface area contributed by atoms with E-state index in [2.05, 4.69) is 0 Å². The number of ketones is 1. The van der Waals surface area contributed by atoms with Crippen LogP contribution in [0, 0.1) is 11.6 Å². The second kappa shape index (κ2) is 5.12. The fourth-order valence-electron chi connectivity index (χ4n) is 1.64. The Morgan fingerprint density at radius 2 is 2.00 bits per heavy atom. The Hall–Kier alpha value is -1.97. The number of carbonyl (C=O) groups excluding carboxylic acids is 1. The van der Waals surface area contributed by atoms with Crippen molar-refractivity contribution < 1.29 is 18.0 Å². The standard InChI is InChI=1S/C14H12F2O2/c1-2-11-5-6-14(18-11)13(17)7-9-3-4-10(15)8-12(9)16/h3-6,8H,2,7H2,1H3. The molecule has 0 atom stereocenters. The summed E-state index contributed by atoms with van der Waals surface area (Å²) in [4.78, 5) is 11.8. The van der Waals surface area contributed by atoms with Crippen molar-refractivity contribution in [1.82, 2.24) is 0 Å². The molecular weight excluding hydrogens is 238 g/mol. The summed E-state index contributed by atoms with van der Waals surface area (Å²) < 4.78 is 31.4. The predicted molar refractivity (Wildman–Crippen MR) is 62.5 cm³/mol. The van der Waals surface area contributed by atoms with E-state index in [1.807, 2.05) is 6.92 Å². The molecule has 1 aromatic heterocycles. The maximum absolute atomic E-state index is 13.4. The maximum Gasteiger partial charge on any atom is 0.202 e. The molecular formula is C14H12F2O2. The van der Waals surface area contributed by atoms with Crippen LogP contribution in [-0.4, -0.2) is 5.78 Å². The lowest BCUT2D eigenvalue weighted by atomic mass is 10.1. The first-order valence-electron chi connectivity index (χ1n) is 5.66. The predicted octanol–water partition coefficient (Wildman–Crippen LogP) is 3.55. The minimum absolute atomic E-state index is 0.136. The van der Waals surface area contributed by atoms with E-state index in [4.69, 9.17) is 4.42 Å². The van der Waals surface area contributed by atoms with Gasteiger partial charge in [0.1, 0.15) is 17.4 Å². The monoisotopic (exact) mass is 250 g/mol. The fourth-order valence-corrected chi connectivity index (χ4v) is 1.64. The van der Waals surface area contributed by atoms with Gasteiger partial charge in [0, 0.05) is 18.9 Å². The van der Waals surface area contributed by atoms with Crippen molar-refractivity contribution in [2.24, 2.45) is 0 Å². The van der Waals surface area contributed by atoms with Crippen LogP contribution < -0.4 is 0 Å². The summed E-state index contributed by atoms with van der Waals surface area (Å²) >= 11 is 0. The van der Waals surface area contributed by atoms with E-state index >= 15 is 0 Å². The summed E-state index contributed by atoms with van der Waals surface area (Å²) in [5.74, 6) is -0.783. The Balaban J connectivity index is 2.16. The number of benzene rings is 1. The van der Waals surface area contributed by atoms with E-state index in [0.29, 0.717) is 12.2 Å². The fraction of sp³-hybridized carbons (Fsp3) is 0.214. The second-order valence-corrected chi connectivity index (χ2v) is 3.96. The van der Waals surface area contributed by atoms with E-state index in [9.17, 15) is 13.6 Å². The molecule has 0 amide bonds. The third-order valence-electron chi connectivity index (χ3n) is 2.65. The zero-order valence-electron chi connectivity index (χ0n) is 9.87. The zero-order valence-corrected chi connectivity index (χ0v) is 9.87. The van der Waals surface area contributed by atoms with Crippen LogP contribution in [-0.2, 0) is 12.8 Å². The topological polar surface area (TPSA) is 30.2 Å². The lowest BCUT2D eigenvalue weighted by Crippen LogP contribution is -2.04. The molecule has 0 N–H and O–H groups in total. The van der Waals surface area contributed by atoms with E-state index in [1.54, 1.807) is 12.1 Å². The first-order chi connectivity index (χ1) is 8.60. The number of Topliss-reactive ketones (excluding diaryl/α,β-unsaturated/α-hetero) is 1. The minimum atomic E-state index is -0.717.